The highest BCUT2D eigenvalue weighted by molar-refractivity contribution is 6.03. The summed E-state index contributed by atoms with van der Waals surface area (Å²) in [6.45, 7) is 6.23. The molecule has 2 saturated heterocycles. The fourth-order valence-corrected chi connectivity index (χ4v) is 6.30. The molecular formula is C30H31N7O4. The fourth-order valence-electron chi connectivity index (χ4n) is 6.30. The van der Waals surface area contributed by atoms with Crippen LogP contribution in [0.1, 0.15) is 29.5 Å². The van der Waals surface area contributed by atoms with Gasteiger partial charge in [-0.05, 0) is 42.7 Å². The van der Waals surface area contributed by atoms with Crippen LogP contribution in [-0.2, 0) is 21.7 Å². The smallest absolute Gasteiger partial charge is 0.413 e. The van der Waals surface area contributed by atoms with Crippen molar-refractivity contribution in [1.82, 2.24) is 24.4 Å². The lowest BCUT2D eigenvalue weighted by molar-refractivity contribution is -0.136. The highest BCUT2D eigenvalue weighted by Gasteiger charge is 2.45. The van der Waals surface area contributed by atoms with E-state index in [1.54, 1.807) is 6.20 Å². The number of ether oxygens (including phenoxy) is 1. The van der Waals surface area contributed by atoms with Crippen molar-refractivity contribution in [3.05, 3.63) is 65.7 Å². The van der Waals surface area contributed by atoms with Crippen LogP contribution >= 0.6 is 0 Å². The second kappa shape index (κ2) is 9.55. The average Bonchev–Trinajstić information content (AvgIpc) is 3.31. The first-order valence-electron chi connectivity index (χ1n) is 13.9. The minimum absolute atomic E-state index is 0.0320. The maximum absolute atomic E-state index is 13.7. The number of carbonyl (C=O) groups excluding carboxylic acids is 2. The van der Waals surface area contributed by atoms with Crippen LogP contribution in [0.2, 0.25) is 0 Å². The number of aromatic nitrogens is 4. The molecule has 11 nitrogen and oxygen atoms in total. The summed E-state index contributed by atoms with van der Waals surface area (Å²) >= 11 is 0. The Morgan fingerprint density at radius 3 is 2.68 bits per heavy atom. The third-order valence-corrected chi connectivity index (χ3v) is 8.73. The monoisotopic (exact) mass is 553 g/mol. The van der Waals surface area contributed by atoms with Crippen LogP contribution in [0.25, 0.3) is 22.2 Å². The fraction of sp³-hybridized carbons (Fsp3) is 0.367. The lowest BCUT2D eigenvalue weighted by Gasteiger charge is -2.43. The van der Waals surface area contributed by atoms with E-state index in [4.69, 9.17) is 4.74 Å². The molecule has 1 aromatic carbocycles. The molecule has 0 saturated carbocycles. The Hall–Kier alpha value is -4.51. The zero-order valence-electron chi connectivity index (χ0n) is 23.0. The number of aliphatic hydroxyl groups excluding tert-OH is 1. The number of piperidine rings is 1. The van der Waals surface area contributed by atoms with Crippen molar-refractivity contribution < 1.29 is 19.4 Å². The molecule has 0 aliphatic carbocycles. The predicted molar refractivity (Wildman–Crippen MR) is 152 cm³/mol. The summed E-state index contributed by atoms with van der Waals surface area (Å²) in [7, 11) is 0. The lowest BCUT2D eigenvalue weighted by atomic mass is 9.83. The Balaban J connectivity index is 1.19. The number of benzene rings is 1. The molecule has 3 aliphatic rings. The molecule has 4 aromatic rings. The van der Waals surface area contributed by atoms with Gasteiger partial charge in [-0.25, -0.2) is 19.7 Å². The molecule has 6 heterocycles. The van der Waals surface area contributed by atoms with Crippen molar-refractivity contribution in [3.8, 4) is 11.1 Å². The van der Waals surface area contributed by atoms with Gasteiger partial charge in [0.2, 0.25) is 5.91 Å². The van der Waals surface area contributed by atoms with Crippen molar-refractivity contribution >= 4 is 34.7 Å². The molecule has 0 radical (unpaired) electrons. The van der Waals surface area contributed by atoms with E-state index >= 15 is 0 Å². The van der Waals surface area contributed by atoms with Crippen LogP contribution in [0.5, 0.6) is 0 Å². The molecule has 2 amide bonds. The molecule has 7 rings (SSSR count). The third-order valence-electron chi connectivity index (χ3n) is 8.73. The molecule has 11 heteroatoms. The highest BCUT2D eigenvalue weighted by Crippen LogP contribution is 2.43. The van der Waals surface area contributed by atoms with Crippen LogP contribution in [0, 0.1) is 13.8 Å². The number of nitrogens with one attached hydrogen (secondary N) is 1. The van der Waals surface area contributed by atoms with Crippen LogP contribution in [0.4, 0.5) is 16.4 Å². The maximum Gasteiger partial charge on any atom is 0.413 e. The summed E-state index contributed by atoms with van der Waals surface area (Å²) in [6, 6.07) is 9.97. The normalized spacial score (nSPS) is 18.2. The molecule has 3 aliphatic heterocycles. The molecule has 1 spiro atoms. The molecule has 0 unspecified atom stereocenters. The van der Waals surface area contributed by atoms with Crippen molar-refractivity contribution in [2.75, 3.05) is 36.4 Å². The van der Waals surface area contributed by atoms with Crippen LogP contribution in [0.3, 0.4) is 0 Å². The molecule has 41 heavy (non-hydrogen) atoms. The zero-order valence-corrected chi connectivity index (χ0v) is 23.0. The number of pyridine rings is 1. The molecule has 210 valence electrons. The maximum atomic E-state index is 13.7. The van der Waals surface area contributed by atoms with Gasteiger partial charge in [-0.2, -0.15) is 0 Å². The Morgan fingerprint density at radius 1 is 1.10 bits per heavy atom. The van der Waals surface area contributed by atoms with Gasteiger partial charge in [-0.3, -0.25) is 10.1 Å². The van der Waals surface area contributed by atoms with Gasteiger partial charge in [0, 0.05) is 62.5 Å². The van der Waals surface area contributed by atoms with Gasteiger partial charge in [0.25, 0.3) is 0 Å². The van der Waals surface area contributed by atoms with Gasteiger partial charge < -0.3 is 24.2 Å². The number of aryl methyl sites for hydroxylation is 1. The molecule has 3 aromatic heterocycles. The summed E-state index contributed by atoms with van der Waals surface area (Å²) in [6.07, 6.45) is 5.27. The highest BCUT2D eigenvalue weighted by atomic mass is 16.6. The van der Waals surface area contributed by atoms with Gasteiger partial charge in [0.1, 0.15) is 35.8 Å². The number of likely N-dealkylation sites (tertiary alicyclic amines) is 1. The van der Waals surface area contributed by atoms with E-state index in [0.717, 1.165) is 33.5 Å². The van der Waals surface area contributed by atoms with E-state index in [-0.39, 0.29) is 18.6 Å². The van der Waals surface area contributed by atoms with E-state index in [9.17, 15) is 14.7 Å². The van der Waals surface area contributed by atoms with E-state index in [0.29, 0.717) is 50.5 Å². The van der Waals surface area contributed by atoms with E-state index in [2.05, 4.69) is 46.2 Å². The van der Waals surface area contributed by atoms with Crippen molar-refractivity contribution in [2.45, 2.75) is 44.9 Å². The van der Waals surface area contributed by atoms with Gasteiger partial charge in [0.05, 0.1) is 11.5 Å². The summed E-state index contributed by atoms with van der Waals surface area (Å²) in [5.74, 6) is 1.25. The number of β-amino-alcohol motifs (C(OH)–C–C–N with tert-alkyl or cyclic N) is 1. The van der Waals surface area contributed by atoms with Gasteiger partial charge >= 0.3 is 6.09 Å². The van der Waals surface area contributed by atoms with Crippen LogP contribution in [0.15, 0.2) is 49.1 Å². The predicted octanol–water partition coefficient (Wildman–Crippen LogP) is 3.37. The second-order valence-corrected chi connectivity index (χ2v) is 11.2. The van der Waals surface area contributed by atoms with Gasteiger partial charge in [-0.1, -0.05) is 18.2 Å². The largest absolute Gasteiger partial charge is 0.437 e. The molecular weight excluding hydrogens is 522 g/mol. The van der Waals surface area contributed by atoms with Gasteiger partial charge in [0.15, 0.2) is 0 Å². The first-order valence-corrected chi connectivity index (χ1v) is 13.9. The minimum Gasteiger partial charge on any atom is -0.437 e. The van der Waals surface area contributed by atoms with Crippen molar-refractivity contribution in [3.63, 3.8) is 0 Å². The number of aliphatic hydroxyl groups is 1. The lowest BCUT2D eigenvalue weighted by Crippen LogP contribution is -2.51. The standard InChI is InChI=1S/C30H31N7O4/c1-18-5-3-6-21(19(18)2)22-15-37(28-25(22)27(32-17-33-28)36-13-20(38)14-36)16-24(39)35-11-8-30(9-12-35)23-7-4-10-31-26(23)34-29(40)41-30/h3-7,10,15,17,20,38H,8-9,11-14,16H2,1-2H3,(H,31,34,40). The first-order chi connectivity index (χ1) is 19.8. The molecule has 0 bridgehead atoms. The number of nitrogens with zero attached hydrogens (tertiary/aromatic N) is 6. The summed E-state index contributed by atoms with van der Waals surface area (Å²) < 4.78 is 7.71. The number of amides is 2. The second-order valence-electron chi connectivity index (χ2n) is 11.2. The Labute approximate surface area is 236 Å². The Bertz CT molecular complexity index is 1690. The number of rotatable bonds is 4. The number of carbonyl (C=O) groups is 2. The summed E-state index contributed by atoms with van der Waals surface area (Å²) in [5.41, 5.74) is 5.11. The van der Waals surface area contributed by atoms with Crippen molar-refractivity contribution in [1.29, 1.82) is 0 Å². The number of hydrogen-bond acceptors (Lipinski definition) is 8. The van der Waals surface area contributed by atoms with E-state index in [1.807, 2.05) is 38.8 Å². The third kappa shape index (κ3) is 4.19. The quantitative estimate of drug-likeness (QED) is 0.394. The van der Waals surface area contributed by atoms with E-state index < -0.39 is 11.7 Å². The van der Waals surface area contributed by atoms with Crippen LogP contribution in [-0.4, -0.2) is 73.8 Å². The number of anilines is 2. The average molecular weight is 554 g/mol. The summed E-state index contributed by atoms with van der Waals surface area (Å²) in [4.78, 5) is 43.4. The number of fused-ring (bicyclic) bond motifs is 3. The Kier molecular flexibility index (Phi) is 5.93. The molecule has 0 atom stereocenters. The van der Waals surface area contributed by atoms with Gasteiger partial charge in [-0.15, -0.1) is 0 Å². The Morgan fingerprint density at radius 2 is 1.90 bits per heavy atom. The van der Waals surface area contributed by atoms with Crippen molar-refractivity contribution in [2.24, 2.45) is 0 Å². The minimum atomic E-state index is -0.789. The summed E-state index contributed by atoms with van der Waals surface area (Å²) in [5, 5.41) is 13.5. The van der Waals surface area contributed by atoms with E-state index in [1.165, 1.54) is 11.9 Å². The SMILES string of the molecule is Cc1cccc(-c2cn(CC(=O)N3CCC4(CC3)OC(=O)Nc3ncccc34)c3ncnc(N4CC(O)C4)c23)c1C. The zero-order chi connectivity index (χ0) is 28.3. The molecule has 2 N–H and O–H groups in total. The molecule has 2 fully saturated rings. The van der Waals surface area contributed by atoms with Crippen LogP contribution < -0.4 is 10.2 Å². The number of hydrogen-bond donors (Lipinski definition) is 2. The topological polar surface area (TPSA) is 126 Å². The first kappa shape index (κ1) is 25.5.